The molecular weight excluding hydrogens is 136 g/mol. The first-order valence-corrected chi connectivity index (χ1v) is 2.87. The largest absolute Gasteiger partial charge is 0.501 e. The van der Waals surface area contributed by atoms with Crippen molar-refractivity contribution in [2.75, 3.05) is 13.2 Å². The van der Waals surface area contributed by atoms with Crippen molar-refractivity contribution in [3.63, 3.8) is 0 Å². The lowest BCUT2D eigenvalue weighted by Crippen LogP contribution is -2.05. The Hall–Kier alpha value is -1.03. The van der Waals surface area contributed by atoms with Crippen LogP contribution in [0.3, 0.4) is 0 Å². The maximum Gasteiger partial charge on any atom is 0.337 e. The zero-order chi connectivity index (χ0) is 7.98. The first-order chi connectivity index (χ1) is 4.72. The summed E-state index contributed by atoms with van der Waals surface area (Å²) in [5.74, 6) is -1.16. The third-order valence-corrected chi connectivity index (χ3v) is 0.837. The summed E-state index contributed by atoms with van der Waals surface area (Å²) in [7, 11) is 0. The maximum absolute atomic E-state index is 10.1. The van der Waals surface area contributed by atoms with Crippen LogP contribution < -0.4 is 0 Å². The van der Waals surface area contributed by atoms with E-state index in [2.05, 4.69) is 4.74 Å². The molecule has 0 aromatic carbocycles. The Kier molecular flexibility index (Phi) is 4.32. The minimum Gasteiger partial charge on any atom is -0.501 e. The third kappa shape index (κ3) is 3.09. The number of carbonyl (C=O) groups is 1. The van der Waals surface area contributed by atoms with Crippen molar-refractivity contribution in [2.45, 2.75) is 6.92 Å². The van der Waals surface area contributed by atoms with E-state index in [1.54, 1.807) is 6.92 Å². The molecule has 0 aliphatic carbocycles. The number of hydrogen-bond donors (Lipinski definition) is 2. The molecule has 0 aromatic rings. The van der Waals surface area contributed by atoms with Crippen LogP contribution in [0.15, 0.2) is 11.8 Å². The molecule has 58 valence electrons. The molecule has 0 saturated carbocycles. The van der Waals surface area contributed by atoms with Gasteiger partial charge in [0.15, 0.2) is 0 Å². The summed E-state index contributed by atoms with van der Waals surface area (Å²) < 4.78 is 4.64. The summed E-state index contributed by atoms with van der Waals surface area (Å²) in [5.41, 5.74) is -0.137. The quantitative estimate of drug-likeness (QED) is 0.432. The Bertz CT molecular complexity index is 139. The number of rotatable bonds is 4. The summed E-state index contributed by atoms with van der Waals surface area (Å²) in [4.78, 5) is 10.1. The standard InChI is InChI=1S/C6H10O4/c1-2-10-4-5(3-7)6(8)9/h4,7H,2-3H2,1H3,(H,8,9). The molecule has 10 heavy (non-hydrogen) atoms. The fourth-order valence-corrected chi connectivity index (χ4v) is 0.339. The molecular formula is C6H10O4. The number of carboxylic acid groups (broad SMARTS) is 1. The molecule has 2 N–H and O–H groups in total. The Morgan fingerprint density at radius 3 is 2.60 bits per heavy atom. The molecule has 0 unspecified atom stereocenters. The van der Waals surface area contributed by atoms with Gasteiger partial charge in [-0.3, -0.25) is 0 Å². The zero-order valence-electron chi connectivity index (χ0n) is 5.70. The fourth-order valence-electron chi connectivity index (χ4n) is 0.339. The SMILES string of the molecule is CCOC=C(CO)C(=O)O. The van der Waals surface area contributed by atoms with Crippen molar-refractivity contribution in [3.05, 3.63) is 11.8 Å². The first-order valence-electron chi connectivity index (χ1n) is 2.87. The molecule has 0 bridgehead atoms. The highest BCUT2D eigenvalue weighted by Crippen LogP contribution is 1.92. The van der Waals surface area contributed by atoms with Crippen molar-refractivity contribution in [1.82, 2.24) is 0 Å². The van der Waals surface area contributed by atoms with Gasteiger partial charge < -0.3 is 14.9 Å². The average molecular weight is 146 g/mol. The van der Waals surface area contributed by atoms with Gasteiger partial charge in [0.1, 0.15) is 0 Å². The lowest BCUT2D eigenvalue weighted by Gasteiger charge is -1.96. The van der Waals surface area contributed by atoms with Gasteiger partial charge in [0.05, 0.1) is 25.0 Å². The molecule has 0 atom stereocenters. The van der Waals surface area contributed by atoms with Crippen molar-refractivity contribution >= 4 is 5.97 Å². The van der Waals surface area contributed by atoms with E-state index in [9.17, 15) is 4.79 Å². The monoisotopic (exact) mass is 146 g/mol. The summed E-state index contributed by atoms with van der Waals surface area (Å²) >= 11 is 0. The molecule has 0 spiro atoms. The molecule has 4 nitrogen and oxygen atoms in total. The van der Waals surface area contributed by atoms with Crippen LogP contribution in [0.2, 0.25) is 0 Å². The van der Waals surface area contributed by atoms with Gasteiger partial charge in [0, 0.05) is 0 Å². The van der Waals surface area contributed by atoms with E-state index in [4.69, 9.17) is 10.2 Å². The predicted molar refractivity (Wildman–Crippen MR) is 34.4 cm³/mol. The highest BCUT2D eigenvalue weighted by Gasteiger charge is 2.04. The second kappa shape index (κ2) is 4.81. The first kappa shape index (κ1) is 8.97. The normalized spacial score (nSPS) is 11.2. The third-order valence-electron chi connectivity index (χ3n) is 0.837. The van der Waals surface area contributed by atoms with Crippen LogP contribution >= 0.6 is 0 Å². The molecule has 0 aliphatic rings. The molecule has 0 aliphatic heterocycles. The van der Waals surface area contributed by atoms with Gasteiger partial charge in [0.2, 0.25) is 0 Å². The fraction of sp³-hybridized carbons (Fsp3) is 0.500. The molecule has 0 saturated heterocycles. The highest BCUT2D eigenvalue weighted by atomic mass is 16.5. The molecule has 0 aromatic heterocycles. The van der Waals surface area contributed by atoms with Crippen molar-refractivity contribution < 1.29 is 19.7 Å². The van der Waals surface area contributed by atoms with Crippen molar-refractivity contribution in [3.8, 4) is 0 Å². The molecule has 0 heterocycles. The summed E-state index contributed by atoms with van der Waals surface area (Å²) in [6.45, 7) is 1.62. The smallest absolute Gasteiger partial charge is 0.337 e. The topological polar surface area (TPSA) is 66.8 Å². The molecule has 0 radical (unpaired) electrons. The Labute approximate surface area is 58.7 Å². The van der Waals surface area contributed by atoms with E-state index in [0.29, 0.717) is 6.61 Å². The van der Waals surface area contributed by atoms with Crippen molar-refractivity contribution in [1.29, 1.82) is 0 Å². The van der Waals surface area contributed by atoms with E-state index in [-0.39, 0.29) is 5.57 Å². The van der Waals surface area contributed by atoms with E-state index in [1.807, 2.05) is 0 Å². The number of hydrogen-bond acceptors (Lipinski definition) is 3. The molecule has 4 heteroatoms. The predicted octanol–water partition coefficient (Wildman–Crippen LogP) is -0.0163. The van der Waals surface area contributed by atoms with E-state index >= 15 is 0 Å². The van der Waals surface area contributed by atoms with Gasteiger partial charge in [-0.1, -0.05) is 0 Å². The van der Waals surface area contributed by atoms with E-state index in [1.165, 1.54) is 0 Å². The minimum absolute atomic E-state index is 0.137. The lowest BCUT2D eigenvalue weighted by molar-refractivity contribution is -0.133. The minimum atomic E-state index is -1.16. The van der Waals surface area contributed by atoms with Gasteiger partial charge in [-0.15, -0.1) is 0 Å². The molecule has 0 amide bonds. The highest BCUT2D eigenvalue weighted by molar-refractivity contribution is 5.86. The second-order valence-electron chi connectivity index (χ2n) is 1.56. The van der Waals surface area contributed by atoms with Crippen molar-refractivity contribution in [2.24, 2.45) is 0 Å². The number of carboxylic acids is 1. The van der Waals surface area contributed by atoms with Crippen LogP contribution in [-0.4, -0.2) is 29.4 Å². The maximum atomic E-state index is 10.1. The molecule has 0 fully saturated rings. The number of aliphatic carboxylic acids is 1. The van der Waals surface area contributed by atoms with Crippen LogP contribution in [0, 0.1) is 0 Å². The van der Waals surface area contributed by atoms with Crippen LogP contribution in [0.25, 0.3) is 0 Å². The summed E-state index contributed by atoms with van der Waals surface area (Å²) in [6.07, 6.45) is 1.04. The van der Waals surface area contributed by atoms with Crippen LogP contribution in [0.5, 0.6) is 0 Å². The van der Waals surface area contributed by atoms with E-state index in [0.717, 1.165) is 6.26 Å². The summed E-state index contributed by atoms with van der Waals surface area (Å²) in [6, 6.07) is 0. The average Bonchev–Trinajstić information content (AvgIpc) is 1.89. The van der Waals surface area contributed by atoms with Crippen LogP contribution in [0.1, 0.15) is 6.92 Å². The Morgan fingerprint density at radius 1 is 1.70 bits per heavy atom. The Balaban J connectivity index is 3.91. The van der Waals surface area contributed by atoms with Gasteiger partial charge in [-0.05, 0) is 6.92 Å². The number of aliphatic hydroxyl groups excluding tert-OH is 1. The van der Waals surface area contributed by atoms with Gasteiger partial charge >= 0.3 is 5.97 Å². The van der Waals surface area contributed by atoms with Gasteiger partial charge in [-0.2, -0.15) is 0 Å². The van der Waals surface area contributed by atoms with Gasteiger partial charge in [0.25, 0.3) is 0 Å². The number of ether oxygens (including phenoxy) is 1. The zero-order valence-corrected chi connectivity index (χ0v) is 5.70. The summed E-state index contributed by atoms with van der Waals surface area (Å²) in [5, 5.41) is 16.7. The molecule has 0 rings (SSSR count). The number of aliphatic hydroxyl groups is 1. The second-order valence-corrected chi connectivity index (χ2v) is 1.56. The Morgan fingerprint density at radius 2 is 2.30 bits per heavy atom. The van der Waals surface area contributed by atoms with Gasteiger partial charge in [-0.25, -0.2) is 4.79 Å². The van der Waals surface area contributed by atoms with Crippen LogP contribution in [-0.2, 0) is 9.53 Å². The van der Waals surface area contributed by atoms with E-state index < -0.39 is 12.6 Å². The lowest BCUT2D eigenvalue weighted by atomic mass is 10.3. The van der Waals surface area contributed by atoms with Crippen LogP contribution in [0.4, 0.5) is 0 Å².